The van der Waals surface area contributed by atoms with Crippen molar-refractivity contribution in [3.05, 3.63) is 126 Å². The number of nitro benzene ring substituents is 1. The number of hydrogen-bond donors (Lipinski definition) is 0. The molecule has 0 atom stereocenters. The fraction of sp³-hybridized carbons (Fsp3) is 0. The van der Waals surface area contributed by atoms with E-state index in [4.69, 9.17) is 0 Å². The summed E-state index contributed by atoms with van der Waals surface area (Å²) in [5.41, 5.74) is 0.728. The first kappa shape index (κ1) is 27.6. The van der Waals surface area contributed by atoms with Crippen molar-refractivity contribution >= 4 is 21.4 Å². The minimum atomic E-state index is -4.26. The summed E-state index contributed by atoms with van der Waals surface area (Å²) in [5.74, 6) is 0. The average molecular weight is 555 g/mol. The molecule has 2 aromatic carbocycles. The Hall–Kier alpha value is -3.45. The molecule has 0 saturated carbocycles. The molecular formula is C23H20N4O4PdS. The molecule has 0 spiro atoms. The summed E-state index contributed by atoms with van der Waals surface area (Å²) < 4.78 is 29.0. The standard InChI is InChI=1S/C17H12N3O4S.C5H5N.CH3.Pd/c21-20(22)16-10-3-4-11-17(16)25(23,24)19-15-9-2-1-7-13(15)14-8-5-6-12-18-14;1-2-4-6-5-3-1;;/h1-12H;1-5H;1H3;/q-1;;-1;+2. The molecule has 33 heavy (non-hydrogen) atoms. The van der Waals surface area contributed by atoms with Crippen LogP contribution in [0.5, 0.6) is 0 Å². The Morgan fingerprint density at radius 1 is 0.788 bits per heavy atom. The second-order valence-corrected chi connectivity index (χ2v) is 7.62. The fourth-order valence-electron chi connectivity index (χ4n) is 2.61. The van der Waals surface area contributed by atoms with Gasteiger partial charge in [0.15, 0.2) is 0 Å². The van der Waals surface area contributed by atoms with Gasteiger partial charge in [0.25, 0.3) is 5.69 Å². The molecule has 0 radical (unpaired) electrons. The van der Waals surface area contributed by atoms with Gasteiger partial charge >= 0.3 is 20.4 Å². The van der Waals surface area contributed by atoms with Crippen molar-refractivity contribution in [3.8, 4) is 11.3 Å². The Kier molecular flexibility index (Phi) is 11.0. The number of nitro groups is 1. The van der Waals surface area contributed by atoms with Gasteiger partial charge in [0.05, 0.1) is 10.6 Å². The molecule has 4 aromatic rings. The van der Waals surface area contributed by atoms with Crippen LogP contribution in [0.4, 0.5) is 11.4 Å². The van der Waals surface area contributed by atoms with E-state index >= 15 is 0 Å². The van der Waals surface area contributed by atoms with E-state index in [1.54, 1.807) is 55.0 Å². The van der Waals surface area contributed by atoms with Crippen LogP contribution in [-0.2, 0) is 30.4 Å². The Morgan fingerprint density at radius 3 is 1.97 bits per heavy atom. The second kappa shape index (κ2) is 13.2. The second-order valence-electron chi connectivity index (χ2n) is 6.05. The molecule has 4 rings (SSSR count). The van der Waals surface area contributed by atoms with Crippen molar-refractivity contribution in [1.82, 2.24) is 9.97 Å². The van der Waals surface area contributed by atoms with Crippen LogP contribution in [0.3, 0.4) is 0 Å². The van der Waals surface area contributed by atoms with E-state index in [1.165, 1.54) is 24.3 Å². The van der Waals surface area contributed by atoms with Crippen LogP contribution in [0.2, 0.25) is 0 Å². The van der Waals surface area contributed by atoms with Crippen molar-refractivity contribution in [1.29, 1.82) is 0 Å². The minimum absolute atomic E-state index is 0. The first-order valence-corrected chi connectivity index (χ1v) is 10.5. The summed E-state index contributed by atoms with van der Waals surface area (Å²) >= 11 is 0. The maximum absolute atomic E-state index is 12.6. The summed E-state index contributed by atoms with van der Waals surface area (Å²) in [7, 11) is -4.26. The number of benzene rings is 2. The zero-order valence-electron chi connectivity index (χ0n) is 17.5. The molecule has 0 bridgehead atoms. The van der Waals surface area contributed by atoms with E-state index in [2.05, 4.69) is 14.7 Å². The van der Waals surface area contributed by atoms with Crippen molar-refractivity contribution < 1.29 is 33.8 Å². The summed E-state index contributed by atoms with van der Waals surface area (Å²) in [6.45, 7) is 0. The SMILES string of the molecule is O=[N+]([O-])c1ccccc1S(=O)(=O)[N-]c1ccccc1-c1ccccn1.[CH3-].[Pd+2].c1ccncc1. The topological polar surface area (TPSA) is 117 Å². The molecule has 0 unspecified atom stereocenters. The summed E-state index contributed by atoms with van der Waals surface area (Å²) in [5, 5.41) is 11.1. The molecule has 0 N–H and O–H groups in total. The minimum Gasteiger partial charge on any atom is -0.572 e. The van der Waals surface area contributed by atoms with Gasteiger partial charge in [0.2, 0.25) is 0 Å². The third-order valence-electron chi connectivity index (χ3n) is 3.97. The normalized spacial score (nSPS) is 9.82. The van der Waals surface area contributed by atoms with Crippen LogP contribution in [0.1, 0.15) is 0 Å². The van der Waals surface area contributed by atoms with Gasteiger partial charge in [0, 0.05) is 24.7 Å². The van der Waals surface area contributed by atoms with E-state index in [1.807, 2.05) is 18.2 Å². The molecule has 0 aliphatic carbocycles. The Bertz CT molecular complexity index is 1230. The van der Waals surface area contributed by atoms with Gasteiger partial charge in [-0.25, -0.2) is 8.42 Å². The molecule has 0 aliphatic rings. The van der Waals surface area contributed by atoms with Crippen LogP contribution in [0.25, 0.3) is 16.0 Å². The van der Waals surface area contributed by atoms with Gasteiger partial charge in [-0.15, -0.1) is 5.69 Å². The third-order valence-corrected chi connectivity index (χ3v) is 5.31. The predicted octanol–water partition coefficient (Wildman–Crippen LogP) is 5.58. The third kappa shape index (κ3) is 7.57. The molecule has 0 saturated heterocycles. The number of rotatable bonds is 5. The number of nitrogens with zero attached hydrogens (tertiary/aromatic N) is 4. The maximum Gasteiger partial charge on any atom is 2.00 e. The predicted molar refractivity (Wildman–Crippen MR) is 124 cm³/mol. The fourth-order valence-corrected chi connectivity index (χ4v) is 3.78. The molecule has 0 amide bonds. The van der Waals surface area contributed by atoms with Gasteiger partial charge in [-0.05, 0) is 35.9 Å². The smallest absolute Gasteiger partial charge is 0.572 e. The van der Waals surface area contributed by atoms with Crippen molar-refractivity contribution in [3.63, 3.8) is 0 Å². The molecule has 8 nitrogen and oxygen atoms in total. The molecule has 172 valence electrons. The molecular weight excluding hydrogens is 535 g/mol. The van der Waals surface area contributed by atoms with Crippen molar-refractivity contribution in [2.45, 2.75) is 4.90 Å². The molecule has 0 aliphatic heterocycles. The van der Waals surface area contributed by atoms with Gasteiger partial charge in [0.1, 0.15) is 14.9 Å². The Morgan fingerprint density at radius 2 is 1.39 bits per heavy atom. The Labute approximate surface area is 206 Å². The van der Waals surface area contributed by atoms with Crippen LogP contribution in [-0.4, -0.2) is 23.3 Å². The van der Waals surface area contributed by atoms with Crippen molar-refractivity contribution in [2.24, 2.45) is 0 Å². The molecule has 2 heterocycles. The van der Waals surface area contributed by atoms with Crippen LogP contribution in [0, 0.1) is 17.5 Å². The quantitative estimate of drug-likeness (QED) is 0.138. The van der Waals surface area contributed by atoms with E-state index in [0.717, 1.165) is 6.07 Å². The largest absolute Gasteiger partial charge is 2.00 e. The van der Waals surface area contributed by atoms with Crippen LogP contribution < -0.4 is 0 Å². The van der Waals surface area contributed by atoms with Gasteiger partial charge in [-0.1, -0.05) is 48.5 Å². The molecule has 0 fully saturated rings. The first-order chi connectivity index (χ1) is 15.0. The number of hydrogen-bond acceptors (Lipinski definition) is 6. The molecule has 2 aromatic heterocycles. The summed E-state index contributed by atoms with van der Waals surface area (Å²) in [4.78, 5) is 17.9. The molecule has 10 heteroatoms. The summed E-state index contributed by atoms with van der Waals surface area (Å²) in [6.07, 6.45) is 5.09. The zero-order valence-corrected chi connectivity index (χ0v) is 19.8. The van der Waals surface area contributed by atoms with Crippen LogP contribution in [0.15, 0.2) is 108 Å². The van der Waals surface area contributed by atoms with Gasteiger partial charge in [-0.2, -0.15) is 0 Å². The number of sulfonamides is 1. The maximum atomic E-state index is 12.6. The number of para-hydroxylation sites is 1. The van der Waals surface area contributed by atoms with E-state index in [-0.39, 0.29) is 33.5 Å². The van der Waals surface area contributed by atoms with E-state index < -0.39 is 25.5 Å². The average Bonchev–Trinajstić information content (AvgIpc) is 2.81. The van der Waals surface area contributed by atoms with E-state index in [0.29, 0.717) is 11.3 Å². The zero-order chi connectivity index (χ0) is 22.1. The first-order valence-electron chi connectivity index (χ1n) is 9.06. The Balaban J connectivity index is 0.000000594. The van der Waals surface area contributed by atoms with Crippen LogP contribution >= 0.6 is 0 Å². The van der Waals surface area contributed by atoms with Gasteiger partial charge in [-0.3, -0.25) is 20.1 Å². The van der Waals surface area contributed by atoms with E-state index in [9.17, 15) is 18.5 Å². The van der Waals surface area contributed by atoms with Crippen molar-refractivity contribution in [2.75, 3.05) is 0 Å². The number of pyridine rings is 2. The monoisotopic (exact) mass is 554 g/mol. The number of aromatic nitrogens is 2. The van der Waals surface area contributed by atoms with Gasteiger partial charge < -0.3 is 12.1 Å². The summed E-state index contributed by atoms with van der Waals surface area (Å²) in [6, 6.07) is 22.7.